The summed E-state index contributed by atoms with van der Waals surface area (Å²) in [6, 6.07) is 4.68. The molecule has 0 atom stereocenters. The summed E-state index contributed by atoms with van der Waals surface area (Å²) in [5.74, 6) is -1.50. The standard InChI is InChI=1S/C21H24FN3O2.C5H3F3N2O2/c1-4-5-6-8-25-9-7-14-10-17(18(22)11-16(14)20(25)26)19-23-12-15(13-24-19)21(2,3)27;6-5(7,8)3-2(11)1-9-10-4(3)12/h7,9-13,27H,4-6,8H2,1-3H3;1H,(H2,10,11,12). The van der Waals surface area contributed by atoms with Gasteiger partial charge in [-0.25, -0.2) is 19.5 Å². The minimum atomic E-state index is -4.86. The van der Waals surface area contributed by atoms with Crippen LogP contribution in [0, 0.1) is 5.82 Å². The van der Waals surface area contributed by atoms with Gasteiger partial charge in [0.1, 0.15) is 5.82 Å². The van der Waals surface area contributed by atoms with E-state index < -0.39 is 34.5 Å². The van der Waals surface area contributed by atoms with E-state index in [0.29, 0.717) is 29.1 Å². The second-order valence-electron chi connectivity index (χ2n) is 9.25. The topological polar surface area (TPSA) is 134 Å². The summed E-state index contributed by atoms with van der Waals surface area (Å²) >= 11 is 0. The summed E-state index contributed by atoms with van der Waals surface area (Å²) in [4.78, 5) is 31.5. The van der Waals surface area contributed by atoms with Gasteiger partial charge in [-0.3, -0.25) is 9.59 Å². The minimum absolute atomic E-state index is 0.188. The van der Waals surface area contributed by atoms with Crippen molar-refractivity contribution in [3.8, 4) is 17.1 Å². The zero-order valence-corrected chi connectivity index (χ0v) is 21.4. The largest absolute Gasteiger partial charge is 0.505 e. The van der Waals surface area contributed by atoms with Crippen molar-refractivity contribution in [3.63, 3.8) is 0 Å². The number of aromatic amines is 1. The second-order valence-corrected chi connectivity index (χ2v) is 9.25. The van der Waals surface area contributed by atoms with Gasteiger partial charge >= 0.3 is 6.18 Å². The minimum Gasteiger partial charge on any atom is -0.505 e. The van der Waals surface area contributed by atoms with Gasteiger partial charge in [0.05, 0.1) is 22.7 Å². The van der Waals surface area contributed by atoms with Gasteiger partial charge in [0.25, 0.3) is 11.1 Å². The smallest absolute Gasteiger partial charge is 0.425 e. The van der Waals surface area contributed by atoms with Crippen molar-refractivity contribution in [3.05, 3.63) is 80.6 Å². The first-order chi connectivity index (χ1) is 18.2. The normalized spacial score (nSPS) is 11.8. The van der Waals surface area contributed by atoms with Crippen LogP contribution in [0.25, 0.3) is 22.2 Å². The molecule has 1 aromatic carbocycles. The molecule has 0 spiro atoms. The molecule has 208 valence electrons. The Hall–Kier alpha value is -4.13. The highest BCUT2D eigenvalue weighted by Gasteiger charge is 2.37. The van der Waals surface area contributed by atoms with Gasteiger partial charge in [0, 0.05) is 30.7 Å². The maximum atomic E-state index is 14.7. The third kappa shape index (κ3) is 7.05. The van der Waals surface area contributed by atoms with Crippen molar-refractivity contribution in [1.29, 1.82) is 0 Å². The van der Waals surface area contributed by atoms with Crippen LogP contribution in [0.15, 0.2) is 52.6 Å². The number of halogens is 4. The van der Waals surface area contributed by atoms with E-state index >= 15 is 0 Å². The van der Waals surface area contributed by atoms with Crippen LogP contribution < -0.4 is 11.1 Å². The number of hydrogen-bond acceptors (Lipinski definition) is 7. The van der Waals surface area contributed by atoms with E-state index in [1.165, 1.54) is 18.5 Å². The summed E-state index contributed by atoms with van der Waals surface area (Å²) in [6.45, 7) is 6.00. The monoisotopic (exact) mass is 549 g/mol. The first-order valence-electron chi connectivity index (χ1n) is 12.0. The molecule has 0 aliphatic rings. The van der Waals surface area contributed by atoms with Gasteiger partial charge in [-0.05, 0) is 43.9 Å². The zero-order valence-electron chi connectivity index (χ0n) is 21.4. The van der Waals surface area contributed by atoms with Crippen LogP contribution in [-0.4, -0.2) is 34.9 Å². The first kappa shape index (κ1) is 29.4. The molecule has 39 heavy (non-hydrogen) atoms. The van der Waals surface area contributed by atoms with E-state index in [2.05, 4.69) is 22.0 Å². The second kappa shape index (κ2) is 11.7. The molecule has 0 unspecified atom stereocenters. The van der Waals surface area contributed by atoms with Crippen LogP contribution in [0.1, 0.15) is 51.2 Å². The average molecular weight is 550 g/mol. The molecule has 0 saturated carbocycles. The Morgan fingerprint density at radius 3 is 2.26 bits per heavy atom. The predicted molar refractivity (Wildman–Crippen MR) is 135 cm³/mol. The highest BCUT2D eigenvalue weighted by Crippen LogP contribution is 2.31. The van der Waals surface area contributed by atoms with Crippen molar-refractivity contribution < 1.29 is 27.8 Å². The van der Waals surface area contributed by atoms with E-state index in [9.17, 15) is 32.3 Å². The van der Waals surface area contributed by atoms with Crippen LogP contribution in [-0.2, 0) is 18.3 Å². The van der Waals surface area contributed by atoms with Crippen LogP contribution >= 0.6 is 0 Å². The molecule has 0 saturated heterocycles. The molecule has 0 aliphatic heterocycles. The van der Waals surface area contributed by atoms with Gasteiger partial charge in [0.15, 0.2) is 17.1 Å². The van der Waals surface area contributed by atoms with Crippen molar-refractivity contribution in [2.24, 2.45) is 0 Å². The fourth-order valence-electron chi connectivity index (χ4n) is 3.63. The number of aryl methyl sites for hydroxylation is 1. The number of hydrogen-bond donors (Lipinski definition) is 3. The third-order valence-corrected chi connectivity index (χ3v) is 5.79. The van der Waals surface area contributed by atoms with Crippen LogP contribution in [0.4, 0.5) is 17.6 Å². The highest BCUT2D eigenvalue weighted by atomic mass is 19.4. The first-order valence-corrected chi connectivity index (χ1v) is 12.0. The summed E-state index contributed by atoms with van der Waals surface area (Å²) in [7, 11) is 0. The third-order valence-electron chi connectivity index (χ3n) is 5.79. The number of aromatic hydroxyl groups is 1. The van der Waals surface area contributed by atoms with E-state index in [1.807, 2.05) is 6.07 Å². The Balaban J connectivity index is 0.000000293. The van der Waals surface area contributed by atoms with Crippen molar-refractivity contribution >= 4 is 10.8 Å². The highest BCUT2D eigenvalue weighted by molar-refractivity contribution is 5.85. The van der Waals surface area contributed by atoms with E-state index in [0.717, 1.165) is 19.3 Å². The number of unbranched alkanes of at least 4 members (excludes halogenated alkanes) is 2. The lowest BCUT2D eigenvalue weighted by Gasteiger charge is -2.16. The van der Waals surface area contributed by atoms with Crippen molar-refractivity contribution in [2.45, 2.75) is 58.4 Å². The fraction of sp³-hybridized carbons (Fsp3) is 0.346. The van der Waals surface area contributed by atoms with Gasteiger partial charge in [0.2, 0.25) is 0 Å². The Labute approximate surface area is 219 Å². The summed E-state index contributed by atoms with van der Waals surface area (Å²) in [5, 5.41) is 24.1. The number of H-pyrrole nitrogens is 1. The van der Waals surface area contributed by atoms with Gasteiger partial charge in [-0.1, -0.05) is 19.8 Å². The lowest BCUT2D eigenvalue weighted by Crippen LogP contribution is -2.22. The maximum Gasteiger partial charge on any atom is 0.425 e. The molecule has 0 amide bonds. The van der Waals surface area contributed by atoms with E-state index in [1.54, 1.807) is 35.8 Å². The number of aliphatic hydroxyl groups is 1. The number of fused-ring (bicyclic) bond motifs is 1. The molecule has 3 heterocycles. The van der Waals surface area contributed by atoms with Crippen LogP contribution in [0.2, 0.25) is 0 Å². The van der Waals surface area contributed by atoms with E-state index in [4.69, 9.17) is 5.11 Å². The number of pyridine rings is 1. The molecular weight excluding hydrogens is 522 g/mol. The summed E-state index contributed by atoms with van der Waals surface area (Å²) < 4.78 is 52.0. The average Bonchev–Trinajstić information content (AvgIpc) is 2.85. The van der Waals surface area contributed by atoms with Gasteiger partial charge in [-0.15, -0.1) is 0 Å². The molecule has 3 N–H and O–H groups in total. The fourth-order valence-corrected chi connectivity index (χ4v) is 3.63. The molecule has 0 aliphatic carbocycles. The molecule has 0 radical (unpaired) electrons. The molecule has 4 rings (SSSR count). The Kier molecular flexibility index (Phi) is 8.85. The van der Waals surface area contributed by atoms with Gasteiger partial charge in [-0.2, -0.15) is 18.3 Å². The number of nitrogens with zero attached hydrogens (tertiary/aromatic N) is 4. The maximum absolute atomic E-state index is 14.7. The molecular formula is C26H27F4N5O4. The van der Waals surface area contributed by atoms with Crippen molar-refractivity contribution in [2.75, 3.05) is 0 Å². The lowest BCUT2D eigenvalue weighted by atomic mass is 10.0. The molecule has 3 aromatic heterocycles. The molecule has 4 aromatic rings. The zero-order chi connectivity index (χ0) is 29.0. The quantitative estimate of drug-likeness (QED) is 0.238. The Morgan fingerprint density at radius 2 is 1.72 bits per heavy atom. The summed E-state index contributed by atoms with van der Waals surface area (Å²) in [6.07, 6.45) is 3.42. The Morgan fingerprint density at radius 1 is 1.05 bits per heavy atom. The molecule has 0 fully saturated rings. The van der Waals surface area contributed by atoms with Crippen molar-refractivity contribution in [1.82, 2.24) is 24.7 Å². The number of aromatic nitrogens is 5. The summed E-state index contributed by atoms with van der Waals surface area (Å²) in [5.41, 5.74) is -3.56. The number of alkyl halides is 3. The van der Waals surface area contributed by atoms with Crippen LogP contribution in [0.5, 0.6) is 5.75 Å². The van der Waals surface area contributed by atoms with Crippen LogP contribution in [0.3, 0.4) is 0 Å². The molecule has 9 nitrogen and oxygen atoms in total. The SMILES string of the molecule is CCCCCn1ccc2cc(-c3ncc(C(C)(C)O)cn3)c(F)cc2c1=O.O=c1[nH]ncc(O)c1C(F)(F)F. The Bertz CT molecular complexity index is 1560. The lowest BCUT2D eigenvalue weighted by molar-refractivity contribution is -0.140. The van der Waals surface area contributed by atoms with E-state index in [-0.39, 0.29) is 16.9 Å². The molecule has 13 heteroatoms. The van der Waals surface area contributed by atoms with Gasteiger partial charge < -0.3 is 14.8 Å². The number of benzene rings is 1. The predicted octanol–water partition coefficient (Wildman–Crippen LogP) is 4.51. The number of rotatable bonds is 6. The molecule has 0 bridgehead atoms. The number of nitrogens with one attached hydrogen (secondary N) is 1.